The maximum Gasteiger partial charge on any atom is 0.0795 e. The average Bonchev–Trinajstić information content (AvgIpc) is 3.41. The summed E-state index contributed by atoms with van der Waals surface area (Å²) < 4.78 is 2.55. The van der Waals surface area contributed by atoms with Crippen LogP contribution in [0, 0.1) is 19.1 Å². The predicted octanol–water partition coefficient (Wildman–Crippen LogP) is 9.98. The molecule has 0 aliphatic rings. The first-order chi connectivity index (χ1) is 20.4. The number of nitrogens with zero attached hydrogens (tertiary/aromatic N) is 2. The third-order valence-electron chi connectivity index (χ3n) is 7.33. The molecule has 0 unspecified atom stereocenters. The zero-order valence-electron chi connectivity index (χ0n) is 24.7. The van der Waals surface area contributed by atoms with Gasteiger partial charge in [0.1, 0.15) is 0 Å². The van der Waals surface area contributed by atoms with E-state index in [0.29, 0.717) is 0 Å². The van der Waals surface area contributed by atoms with E-state index in [0.717, 1.165) is 22.5 Å². The van der Waals surface area contributed by atoms with Crippen molar-refractivity contribution in [2.75, 3.05) is 0 Å². The molecule has 215 valence electrons. The fraction of sp³-hybridized carbons (Fsp3) is 0.105. The molecule has 0 spiro atoms. The number of aromatic nitrogens is 2. The summed E-state index contributed by atoms with van der Waals surface area (Å²) in [5.74, 6) is 0. The predicted molar refractivity (Wildman–Crippen MR) is 183 cm³/mol. The number of aryl methyl sites for hydroxylation is 1. The molecule has 0 atom stereocenters. The Bertz CT molecular complexity index is 1960. The quantitative estimate of drug-likeness (QED) is 0.132. The Kier molecular flexibility index (Phi) is 9.48. The molecule has 43 heavy (non-hydrogen) atoms. The van der Waals surface area contributed by atoms with Crippen LogP contribution in [0.5, 0.6) is 0 Å². The van der Waals surface area contributed by atoms with E-state index in [2.05, 4.69) is 121 Å². The Morgan fingerprint density at radius 3 is 2.23 bits per heavy atom. The summed E-state index contributed by atoms with van der Waals surface area (Å²) in [6.07, 6.45) is 3.89. The van der Waals surface area contributed by atoms with Gasteiger partial charge >= 0.3 is 0 Å². The Hall–Kier alpha value is -3.73. The van der Waals surface area contributed by atoms with Gasteiger partial charge in [-0.25, -0.2) is 0 Å². The molecule has 3 heterocycles. The molecule has 0 aliphatic carbocycles. The summed E-state index contributed by atoms with van der Waals surface area (Å²) >= 11 is 1.83. The van der Waals surface area contributed by atoms with Gasteiger partial charge < -0.3 is 9.97 Å². The molecule has 7 aromatic rings. The largest absolute Gasteiger partial charge is 0.305 e. The molecule has 7 rings (SSSR count). The second kappa shape index (κ2) is 13.3. The van der Waals surface area contributed by atoms with Gasteiger partial charge in [0.2, 0.25) is 0 Å². The van der Waals surface area contributed by atoms with E-state index in [1.807, 2.05) is 60.1 Å². The first-order valence-electron chi connectivity index (χ1n) is 14.2. The van der Waals surface area contributed by atoms with Crippen molar-refractivity contribution in [2.24, 2.45) is 0 Å². The Balaban J connectivity index is 0.000000188. The molecule has 3 aromatic heterocycles. The van der Waals surface area contributed by atoms with Crippen LogP contribution in [0.2, 0.25) is 19.6 Å². The van der Waals surface area contributed by atoms with Crippen molar-refractivity contribution < 1.29 is 20.1 Å². The van der Waals surface area contributed by atoms with Crippen LogP contribution in [-0.2, 0) is 20.1 Å². The van der Waals surface area contributed by atoms with E-state index in [4.69, 9.17) is 0 Å². The third kappa shape index (κ3) is 6.76. The normalized spacial score (nSPS) is 11.1. The monoisotopic (exact) mass is 769 g/mol. The minimum atomic E-state index is -1.23. The standard InChI is InChI=1S/C24H16NS.C14H16NSi.Ir/c1-16-13-14-25-21(15-16)19-10-5-11-20-23-18(17-7-3-2-4-8-17)9-6-12-22(23)26-24(19)20;1-16(2,3)13-9-10-14(15-11-13)12-7-5-4-6-8-12;/h2-9,11-15H,1H3;4-7,9-11H,1-3H3;/q2*-1;. The molecule has 0 saturated carbocycles. The summed E-state index contributed by atoms with van der Waals surface area (Å²) in [7, 11) is -1.23. The number of benzene rings is 4. The maximum atomic E-state index is 4.59. The van der Waals surface area contributed by atoms with E-state index in [-0.39, 0.29) is 20.1 Å². The van der Waals surface area contributed by atoms with Crippen LogP contribution in [0.3, 0.4) is 0 Å². The van der Waals surface area contributed by atoms with Crippen LogP contribution in [0.15, 0.2) is 122 Å². The SMILES string of the molecule is C[Si](C)(C)c1ccc(-c2[c-]cccc2)nc1.Cc1ccnc(-c2[c-]ccc3c2sc2cccc(-c4ccccc4)c23)c1.[Ir]. The second-order valence-corrected chi connectivity index (χ2v) is 17.5. The number of pyridine rings is 2. The van der Waals surface area contributed by atoms with Crippen molar-refractivity contribution in [2.45, 2.75) is 26.6 Å². The summed E-state index contributed by atoms with van der Waals surface area (Å²) in [6, 6.07) is 44.4. The van der Waals surface area contributed by atoms with Crippen molar-refractivity contribution in [1.29, 1.82) is 0 Å². The molecule has 0 bridgehead atoms. The van der Waals surface area contributed by atoms with E-state index < -0.39 is 8.07 Å². The third-order valence-corrected chi connectivity index (χ3v) is 10.5. The first-order valence-corrected chi connectivity index (χ1v) is 18.5. The Labute approximate surface area is 272 Å². The van der Waals surface area contributed by atoms with Gasteiger partial charge in [0, 0.05) is 37.2 Å². The van der Waals surface area contributed by atoms with Gasteiger partial charge in [0.15, 0.2) is 0 Å². The second-order valence-electron chi connectivity index (χ2n) is 11.4. The summed E-state index contributed by atoms with van der Waals surface area (Å²) in [6.45, 7) is 9.10. The maximum absolute atomic E-state index is 4.59. The van der Waals surface area contributed by atoms with Gasteiger partial charge in [0.05, 0.1) is 8.07 Å². The number of hydrogen-bond donors (Lipinski definition) is 0. The van der Waals surface area contributed by atoms with Crippen LogP contribution in [0.25, 0.3) is 53.8 Å². The van der Waals surface area contributed by atoms with Gasteiger partial charge in [-0.1, -0.05) is 91.3 Å². The van der Waals surface area contributed by atoms with Crippen molar-refractivity contribution in [3.63, 3.8) is 0 Å². The number of rotatable bonds is 4. The zero-order valence-corrected chi connectivity index (χ0v) is 28.9. The topological polar surface area (TPSA) is 25.8 Å². The molecule has 0 N–H and O–H groups in total. The van der Waals surface area contributed by atoms with E-state index in [1.54, 1.807) is 0 Å². The molecule has 0 amide bonds. The number of thiophene rings is 1. The van der Waals surface area contributed by atoms with Crippen LogP contribution >= 0.6 is 11.3 Å². The van der Waals surface area contributed by atoms with E-state index in [9.17, 15) is 0 Å². The van der Waals surface area contributed by atoms with Gasteiger partial charge in [-0.05, 0) is 56.8 Å². The van der Waals surface area contributed by atoms with E-state index >= 15 is 0 Å². The van der Waals surface area contributed by atoms with Crippen molar-refractivity contribution >= 4 is 44.8 Å². The number of fused-ring (bicyclic) bond motifs is 3. The van der Waals surface area contributed by atoms with Gasteiger partial charge in [-0.2, -0.15) is 11.3 Å². The minimum Gasteiger partial charge on any atom is -0.305 e. The summed E-state index contributed by atoms with van der Waals surface area (Å²) in [5.41, 5.74) is 7.89. The summed E-state index contributed by atoms with van der Waals surface area (Å²) in [4.78, 5) is 9.10. The molecule has 0 saturated heterocycles. The fourth-order valence-corrected chi connectivity index (χ4v) is 7.33. The molecule has 5 heteroatoms. The Morgan fingerprint density at radius 1 is 0.721 bits per heavy atom. The van der Waals surface area contributed by atoms with Gasteiger partial charge in [-0.15, -0.1) is 59.7 Å². The van der Waals surface area contributed by atoms with Crippen LogP contribution in [0.4, 0.5) is 0 Å². The van der Waals surface area contributed by atoms with E-state index in [1.165, 1.54) is 42.0 Å². The fourth-order valence-electron chi connectivity index (χ4n) is 5.06. The first kappa shape index (κ1) is 30.7. The van der Waals surface area contributed by atoms with Gasteiger partial charge in [0.25, 0.3) is 0 Å². The van der Waals surface area contributed by atoms with Crippen molar-refractivity contribution in [3.8, 4) is 33.6 Å². The molecule has 4 aromatic carbocycles. The number of hydrogen-bond acceptors (Lipinski definition) is 3. The molecular formula is C38H32IrN2SSi-2. The molecule has 2 nitrogen and oxygen atoms in total. The van der Waals surface area contributed by atoms with Gasteiger partial charge in [-0.3, -0.25) is 0 Å². The molecule has 1 radical (unpaired) electrons. The molecule has 0 aliphatic heterocycles. The molecular weight excluding hydrogens is 737 g/mol. The Morgan fingerprint density at radius 2 is 1.53 bits per heavy atom. The molecule has 0 fully saturated rings. The van der Waals surface area contributed by atoms with Crippen LogP contribution in [-0.4, -0.2) is 18.0 Å². The smallest absolute Gasteiger partial charge is 0.0795 e. The van der Waals surface area contributed by atoms with Crippen LogP contribution < -0.4 is 5.19 Å². The van der Waals surface area contributed by atoms with Crippen LogP contribution in [0.1, 0.15) is 5.56 Å². The van der Waals surface area contributed by atoms with Crippen molar-refractivity contribution in [1.82, 2.24) is 9.97 Å². The van der Waals surface area contributed by atoms with Crippen molar-refractivity contribution in [3.05, 3.63) is 139 Å². The zero-order chi connectivity index (χ0) is 29.1. The summed E-state index contributed by atoms with van der Waals surface area (Å²) in [5, 5.41) is 4.00. The minimum absolute atomic E-state index is 0. The average molecular weight is 769 g/mol.